The van der Waals surface area contributed by atoms with Crippen LogP contribution in [0.15, 0.2) is 0 Å². The van der Waals surface area contributed by atoms with Gasteiger partial charge in [0.1, 0.15) is 36.6 Å². The Labute approximate surface area is 331 Å². The lowest BCUT2D eigenvalue weighted by Gasteiger charge is -2.44. The molecule has 57 heavy (non-hydrogen) atoms. The van der Waals surface area contributed by atoms with Crippen LogP contribution in [-0.2, 0) is 57.2 Å². The number of hydrogen-bond acceptors (Lipinski definition) is 19. The monoisotopic (exact) mass is 826 g/mol. The molecule has 1 saturated heterocycles. The van der Waals surface area contributed by atoms with Crippen LogP contribution < -0.4 is 10.6 Å². The topological polar surface area (TPSA) is 323 Å². The molecule has 21 nitrogen and oxygen atoms in total. The highest BCUT2D eigenvalue weighted by molar-refractivity contribution is 5.78. The van der Waals surface area contributed by atoms with E-state index in [1.807, 2.05) is 0 Å². The highest BCUT2D eigenvalue weighted by Crippen LogP contribution is 2.27. The SMILES string of the molecule is CC[C@@H](O)CC(=O)NC[C@@H](OC(=O)C[C@H](O)CC)[C@H](O)C(CO[C@@H]1OC(CO)[C@@H](O)C(OC(=O)C[C@H](O)CC)[C@@H]1NC(=O)C[C@@H](CC)OC(=O)CC(C)O)OC=O. The van der Waals surface area contributed by atoms with Crippen LogP contribution in [0.25, 0.3) is 0 Å². The van der Waals surface area contributed by atoms with Gasteiger partial charge in [-0.1, -0.05) is 27.7 Å². The van der Waals surface area contributed by atoms with E-state index in [9.17, 15) is 64.5 Å². The van der Waals surface area contributed by atoms with Crippen molar-refractivity contribution in [2.45, 2.75) is 172 Å². The summed E-state index contributed by atoms with van der Waals surface area (Å²) >= 11 is 0. The molecule has 0 aliphatic carbocycles. The number of hydrogen-bond donors (Lipinski definition) is 9. The van der Waals surface area contributed by atoms with Gasteiger partial charge in [0.2, 0.25) is 11.8 Å². The summed E-state index contributed by atoms with van der Waals surface area (Å²) in [6.07, 6.45) is -18.6. The van der Waals surface area contributed by atoms with Crippen molar-refractivity contribution in [3.05, 3.63) is 0 Å². The van der Waals surface area contributed by atoms with Crippen molar-refractivity contribution in [1.82, 2.24) is 10.6 Å². The number of amides is 2. The summed E-state index contributed by atoms with van der Waals surface area (Å²) in [5.74, 6) is -4.28. The van der Waals surface area contributed by atoms with Gasteiger partial charge < -0.3 is 74.8 Å². The molecule has 1 rings (SSSR count). The molecular formula is C36H62N2O19. The minimum atomic E-state index is -1.95. The van der Waals surface area contributed by atoms with Gasteiger partial charge in [0.25, 0.3) is 6.47 Å². The van der Waals surface area contributed by atoms with Crippen LogP contribution in [0.4, 0.5) is 0 Å². The predicted octanol–water partition coefficient (Wildman–Crippen LogP) is -2.63. The van der Waals surface area contributed by atoms with Crippen molar-refractivity contribution in [2.24, 2.45) is 0 Å². The van der Waals surface area contributed by atoms with Crippen LogP contribution >= 0.6 is 0 Å². The molecular weight excluding hydrogens is 764 g/mol. The van der Waals surface area contributed by atoms with Crippen molar-refractivity contribution >= 4 is 36.2 Å². The average molecular weight is 827 g/mol. The molecule has 1 aliphatic rings. The minimum Gasteiger partial charge on any atom is -0.462 e. The number of esters is 3. The Hall–Kier alpha value is -3.54. The fourth-order valence-corrected chi connectivity index (χ4v) is 5.39. The Kier molecular flexibility index (Phi) is 24.6. The van der Waals surface area contributed by atoms with Crippen LogP contribution in [0.1, 0.15) is 92.4 Å². The zero-order valence-corrected chi connectivity index (χ0v) is 33.1. The first-order valence-corrected chi connectivity index (χ1v) is 19.1. The van der Waals surface area contributed by atoms with Crippen molar-refractivity contribution in [2.75, 3.05) is 19.8 Å². The fraction of sp³-hybridized carbons (Fsp3) is 0.833. The Morgan fingerprint density at radius 2 is 1.33 bits per heavy atom. The van der Waals surface area contributed by atoms with Crippen LogP contribution in [0.5, 0.6) is 0 Å². The average Bonchev–Trinajstić information content (AvgIpc) is 3.15. The third kappa shape index (κ3) is 19.2. The molecule has 330 valence electrons. The zero-order valence-electron chi connectivity index (χ0n) is 33.1. The quantitative estimate of drug-likeness (QED) is 0.0221. The number of ether oxygens (including phenoxy) is 6. The van der Waals surface area contributed by atoms with E-state index in [1.165, 1.54) is 6.92 Å². The Morgan fingerprint density at radius 3 is 1.88 bits per heavy atom. The van der Waals surface area contributed by atoms with Crippen LogP contribution in [0.2, 0.25) is 0 Å². The molecule has 2 amide bonds. The lowest BCUT2D eigenvalue weighted by Crippen LogP contribution is -2.66. The lowest BCUT2D eigenvalue weighted by atomic mass is 9.96. The van der Waals surface area contributed by atoms with E-state index in [0.29, 0.717) is 0 Å². The summed E-state index contributed by atoms with van der Waals surface area (Å²) in [6.45, 7) is 5.54. The number of aliphatic hydroxyl groups excluding tert-OH is 7. The van der Waals surface area contributed by atoms with E-state index in [2.05, 4.69) is 10.6 Å². The lowest BCUT2D eigenvalue weighted by molar-refractivity contribution is -0.280. The van der Waals surface area contributed by atoms with Crippen LogP contribution in [0.3, 0.4) is 0 Å². The van der Waals surface area contributed by atoms with Gasteiger partial charge in [-0.15, -0.1) is 0 Å². The largest absolute Gasteiger partial charge is 0.462 e. The third-order valence-electron chi connectivity index (χ3n) is 8.92. The van der Waals surface area contributed by atoms with E-state index < -0.39 is 148 Å². The van der Waals surface area contributed by atoms with Gasteiger partial charge in [-0.3, -0.25) is 28.8 Å². The Balaban J connectivity index is 3.47. The standard InChI is InChI=1S/C36H62N2O19/c1-6-20(42)11-27(45)37-15-24(55-30(48)12-21(43)7-2)33(50)26(53-18-40)17-52-36-32(38-28(46)14-23(9-4)54-29(47)10-19(5)41)35(34(51)25(16-39)56-36)57-31(49)13-22(44)8-3/h18-26,32-36,39,41-44,50-51H,6-17H2,1-5H3,(H,37,45)(H,38,46)/t19?,20-,21-,22-,23-,24-,25?,26?,32+,33+,34-,35?,36-/m1/s1. The highest BCUT2D eigenvalue weighted by atomic mass is 16.7. The Morgan fingerprint density at radius 1 is 0.754 bits per heavy atom. The zero-order chi connectivity index (χ0) is 43.2. The first-order chi connectivity index (χ1) is 26.9. The number of nitrogens with one attached hydrogen (secondary N) is 2. The summed E-state index contributed by atoms with van der Waals surface area (Å²) in [6, 6.07) is -1.61. The molecule has 4 unspecified atom stereocenters. The Bertz CT molecular complexity index is 1240. The highest BCUT2D eigenvalue weighted by Gasteiger charge is 2.49. The van der Waals surface area contributed by atoms with E-state index in [4.69, 9.17) is 28.4 Å². The summed E-state index contributed by atoms with van der Waals surface area (Å²) in [4.78, 5) is 75.1. The maximum absolute atomic E-state index is 13.4. The summed E-state index contributed by atoms with van der Waals surface area (Å²) < 4.78 is 32.7. The van der Waals surface area contributed by atoms with Crippen molar-refractivity contribution in [3.8, 4) is 0 Å². The molecule has 0 aromatic rings. The molecule has 0 spiro atoms. The van der Waals surface area contributed by atoms with Gasteiger partial charge in [0.05, 0.1) is 76.3 Å². The summed E-state index contributed by atoms with van der Waals surface area (Å²) in [5, 5.41) is 76.8. The van der Waals surface area contributed by atoms with Crippen molar-refractivity contribution < 1.29 is 92.9 Å². The maximum atomic E-state index is 13.4. The molecule has 21 heteroatoms. The first kappa shape index (κ1) is 51.5. The number of rotatable bonds is 28. The molecule has 0 aromatic heterocycles. The molecule has 0 radical (unpaired) electrons. The van der Waals surface area contributed by atoms with Crippen LogP contribution in [-0.4, -0.2) is 171 Å². The van der Waals surface area contributed by atoms with E-state index in [1.54, 1.807) is 27.7 Å². The predicted molar refractivity (Wildman–Crippen MR) is 193 cm³/mol. The number of carbonyl (C=O) groups is 6. The van der Waals surface area contributed by atoms with E-state index >= 15 is 0 Å². The summed E-state index contributed by atoms with van der Waals surface area (Å²) in [5.41, 5.74) is 0. The number of carbonyl (C=O) groups excluding carboxylic acids is 6. The van der Waals surface area contributed by atoms with E-state index in [-0.39, 0.29) is 45.0 Å². The van der Waals surface area contributed by atoms with E-state index in [0.717, 1.165) is 0 Å². The molecule has 0 aromatic carbocycles. The van der Waals surface area contributed by atoms with Gasteiger partial charge in [0, 0.05) is 0 Å². The molecule has 0 saturated carbocycles. The second-order valence-electron chi connectivity index (χ2n) is 13.8. The third-order valence-corrected chi connectivity index (χ3v) is 8.92. The molecule has 9 N–H and O–H groups in total. The maximum Gasteiger partial charge on any atom is 0.308 e. The normalized spacial score (nSPS) is 23.6. The van der Waals surface area contributed by atoms with Crippen molar-refractivity contribution in [1.29, 1.82) is 0 Å². The summed E-state index contributed by atoms with van der Waals surface area (Å²) in [7, 11) is 0. The molecule has 1 fully saturated rings. The second-order valence-corrected chi connectivity index (χ2v) is 13.8. The van der Waals surface area contributed by atoms with Crippen LogP contribution in [0, 0.1) is 0 Å². The smallest absolute Gasteiger partial charge is 0.308 e. The van der Waals surface area contributed by atoms with Gasteiger partial charge >= 0.3 is 17.9 Å². The second kappa shape index (κ2) is 27.2. The molecule has 1 heterocycles. The van der Waals surface area contributed by atoms with Crippen molar-refractivity contribution in [3.63, 3.8) is 0 Å². The molecule has 13 atom stereocenters. The molecule has 0 bridgehead atoms. The minimum absolute atomic E-state index is 0.0677. The van der Waals surface area contributed by atoms with Gasteiger partial charge in [-0.25, -0.2) is 0 Å². The fourth-order valence-electron chi connectivity index (χ4n) is 5.39. The van der Waals surface area contributed by atoms with Gasteiger partial charge in [-0.2, -0.15) is 0 Å². The van der Waals surface area contributed by atoms with Gasteiger partial charge in [0.15, 0.2) is 18.5 Å². The van der Waals surface area contributed by atoms with Gasteiger partial charge in [-0.05, 0) is 32.6 Å². The molecule has 1 aliphatic heterocycles. The first-order valence-electron chi connectivity index (χ1n) is 19.1. The number of aliphatic hydroxyl groups is 7.